The highest BCUT2D eigenvalue weighted by atomic mass is 35.5. The van der Waals surface area contributed by atoms with Crippen LogP contribution in [-0.4, -0.2) is 35.6 Å². The Kier molecular flexibility index (Phi) is 4.27. The molecule has 1 aromatic rings. The van der Waals surface area contributed by atoms with Crippen LogP contribution in [-0.2, 0) is 4.79 Å². The SMILES string of the molecule is O=C1CN(C(=S)Nc2ccc(Cl)c(Cl)c2)CCN1. The third-order valence-corrected chi connectivity index (χ3v) is 3.60. The van der Waals surface area contributed by atoms with Gasteiger partial charge in [0.05, 0.1) is 16.6 Å². The van der Waals surface area contributed by atoms with E-state index in [0.717, 1.165) is 5.69 Å². The molecule has 0 unspecified atom stereocenters. The number of hydrogen-bond acceptors (Lipinski definition) is 2. The smallest absolute Gasteiger partial charge is 0.239 e. The van der Waals surface area contributed by atoms with E-state index in [1.165, 1.54) is 0 Å². The Morgan fingerprint density at radius 1 is 1.39 bits per heavy atom. The Hall–Kier alpha value is -1.04. The van der Waals surface area contributed by atoms with E-state index in [1.54, 1.807) is 23.1 Å². The van der Waals surface area contributed by atoms with E-state index in [9.17, 15) is 4.79 Å². The van der Waals surface area contributed by atoms with Gasteiger partial charge in [0.15, 0.2) is 5.11 Å². The van der Waals surface area contributed by atoms with Crippen molar-refractivity contribution in [3.8, 4) is 0 Å². The Labute approximate surface area is 120 Å². The monoisotopic (exact) mass is 303 g/mol. The Morgan fingerprint density at radius 3 is 2.83 bits per heavy atom. The number of carbonyl (C=O) groups is 1. The number of carbonyl (C=O) groups excluding carboxylic acids is 1. The zero-order valence-corrected chi connectivity index (χ0v) is 11.7. The third-order valence-electron chi connectivity index (χ3n) is 2.50. The fraction of sp³-hybridized carbons (Fsp3) is 0.273. The lowest BCUT2D eigenvalue weighted by molar-refractivity contribution is -0.122. The predicted octanol–water partition coefficient (Wildman–Crippen LogP) is 2.12. The molecular weight excluding hydrogens is 293 g/mol. The number of halogens is 2. The van der Waals surface area contributed by atoms with Gasteiger partial charge in [0.1, 0.15) is 0 Å². The zero-order valence-electron chi connectivity index (χ0n) is 9.37. The summed E-state index contributed by atoms with van der Waals surface area (Å²) in [6, 6.07) is 5.17. The van der Waals surface area contributed by atoms with Gasteiger partial charge in [0, 0.05) is 18.8 Å². The van der Waals surface area contributed by atoms with Crippen molar-refractivity contribution in [1.29, 1.82) is 0 Å². The number of piperazine rings is 1. The highest BCUT2D eigenvalue weighted by molar-refractivity contribution is 7.80. The number of benzene rings is 1. The lowest BCUT2D eigenvalue weighted by Crippen LogP contribution is -2.51. The van der Waals surface area contributed by atoms with Gasteiger partial charge in [-0.15, -0.1) is 0 Å². The summed E-state index contributed by atoms with van der Waals surface area (Å²) < 4.78 is 0. The molecule has 1 aromatic carbocycles. The minimum Gasteiger partial charge on any atom is -0.353 e. The second-order valence-electron chi connectivity index (χ2n) is 3.83. The standard InChI is InChI=1S/C11H11Cl2N3OS/c12-8-2-1-7(5-9(8)13)15-11(18)16-4-3-14-10(17)6-16/h1-2,5H,3-4,6H2,(H,14,17)(H,15,18). The van der Waals surface area contributed by atoms with Crippen molar-refractivity contribution in [3.05, 3.63) is 28.2 Å². The van der Waals surface area contributed by atoms with E-state index in [4.69, 9.17) is 35.4 Å². The molecule has 0 saturated carbocycles. The lowest BCUT2D eigenvalue weighted by atomic mass is 10.3. The van der Waals surface area contributed by atoms with Gasteiger partial charge in [-0.25, -0.2) is 0 Å². The quantitative estimate of drug-likeness (QED) is 0.780. The Balaban J connectivity index is 2.02. The van der Waals surface area contributed by atoms with Crippen molar-refractivity contribution < 1.29 is 4.79 Å². The minimum atomic E-state index is -0.0282. The summed E-state index contributed by atoms with van der Waals surface area (Å²) >= 11 is 17.0. The van der Waals surface area contributed by atoms with E-state index in [1.807, 2.05) is 0 Å². The molecule has 0 spiro atoms. The molecule has 18 heavy (non-hydrogen) atoms. The van der Waals surface area contributed by atoms with Crippen LogP contribution in [0.4, 0.5) is 5.69 Å². The summed E-state index contributed by atoms with van der Waals surface area (Å²) in [5, 5.41) is 7.23. The van der Waals surface area contributed by atoms with Crippen LogP contribution < -0.4 is 10.6 Å². The molecule has 0 bridgehead atoms. The first-order chi connectivity index (χ1) is 8.56. The second-order valence-corrected chi connectivity index (χ2v) is 5.03. The van der Waals surface area contributed by atoms with Gasteiger partial charge in [-0.2, -0.15) is 0 Å². The normalized spacial score (nSPS) is 15.2. The molecule has 1 heterocycles. The van der Waals surface area contributed by atoms with Crippen LogP contribution in [0.3, 0.4) is 0 Å². The van der Waals surface area contributed by atoms with Crippen molar-refractivity contribution in [2.45, 2.75) is 0 Å². The molecule has 0 atom stereocenters. The first kappa shape index (κ1) is 13.4. The van der Waals surface area contributed by atoms with Crippen LogP contribution in [0, 0.1) is 0 Å². The van der Waals surface area contributed by atoms with E-state index < -0.39 is 0 Å². The Morgan fingerprint density at radius 2 is 2.17 bits per heavy atom. The van der Waals surface area contributed by atoms with Crippen molar-refractivity contribution in [2.75, 3.05) is 25.0 Å². The van der Waals surface area contributed by atoms with Crippen LogP contribution in [0.2, 0.25) is 10.0 Å². The molecule has 1 saturated heterocycles. The van der Waals surface area contributed by atoms with Crippen LogP contribution in [0.1, 0.15) is 0 Å². The molecule has 2 rings (SSSR count). The molecule has 0 aromatic heterocycles. The zero-order chi connectivity index (χ0) is 13.1. The average Bonchev–Trinajstić information content (AvgIpc) is 2.34. The van der Waals surface area contributed by atoms with Gasteiger partial charge in [-0.3, -0.25) is 4.79 Å². The van der Waals surface area contributed by atoms with Crippen LogP contribution in [0.15, 0.2) is 18.2 Å². The summed E-state index contributed by atoms with van der Waals surface area (Å²) in [7, 11) is 0. The number of anilines is 1. The van der Waals surface area contributed by atoms with Gasteiger partial charge in [0.25, 0.3) is 0 Å². The van der Waals surface area contributed by atoms with Crippen LogP contribution >= 0.6 is 35.4 Å². The third kappa shape index (κ3) is 3.25. The fourth-order valence-corrected chi connectivity index (χ4v) is 2.16. The lowest BCUT2D eigenvalue weighted by Gasteiger charge is -2.29. The fourth-order valence-electron chi connectivity index (χ4n) is 1.59. The predicted molar refractivity (Wildman–Crippen MR) is 77.3 cm³/mol. The molecule has 96 valence electrons. The van der Waals surface area contributed by atoms with Gasteiger partial charge >= 0.3 is 0 Å². The highest BCUT2D eigenvalue weighted by Crippen LogP contribution is 2.25. The maximum absolute atomic E-state index is 11.3. The van der Waals surface area contributed by atoms with E-state index in [2.05, 4.69) is 10.6 Å². The van der Waals surface area contributed by atoms with Gasteiger partial charge in [-0.1, -0.05) is 23.2 Å². The van der Waals surface area contributed by atoms with Crippen molar-refractivity contribution in [1.82, 2.24) is 10.2 Å². The molecule has 1 fully saturated rings. The molecule has 0 radical (unpaired) electrons. The van der Waals surface area contributed by atoms with Crippen molar-refractivity contribution in [3.63, 3.8) is 0 Å². The summed E-state index contributed by atoms with van der Waals surface area (Å²) in [5.41, 5.74) is 0.750. The second kappa shape index (κ2) is 5.73. The largest absolute Gasteiger partial charge is 0.353 e. The minimum absolute atomic E-state index is 0.0282. The van der Waals surface area contributed by atoms with E-state index >= 15 is 0 Å². The number of rotatable bonds is 1. The number of amides is 1. The molecule has 1 aliphatic heterocycles. The number of nitrogens with zero attached hydrogens (tertiary/aromatic N) is 1. The summed E-state index contributed by atoms with van der Waals surface area (Å²) in [4.78, 5) is 13.1. The molecule has 1 amide bonds. The average molecular weight is 304 g/mol. The van der Waals surface area contributed by atoms with Crippen molar-refractivity contribution in [2.24, 2.45) is 0 Å². The van der Waals surface area contributed by atoms with Gasteiger partial charge in [-0.05, 0) is 30.4 Å². The maximum atomic E-state index is 11.3. The number of thiocarbonyl (C=S) groups is 1. The van der Waals surface area contributed by atoms with Crippen LogP contribution in [0.25, 0.3) is 0 Å². The van der Waals surface area contributed by atoms with E-state index in [-0.39, 0.29) is 12.5 Å². The molecular formula is C11H11Cl2N3OS. The maximum Gasteiger partial charge on any atom is 0.239 e. The first-order valence-corrected chi connectivity index (χ1v) is 6.50. The van der Waals surface area contributed by atoms with Crippen LogP contribution in [0.5, 0.6) is 0 Å². The number of hydrogen-bond donors (Lipinski definition) is 2. The summed E-state index contributed by atoms with van der Waals surface area (Å²) in [6.07, 6.45) is 0. The van der Waals surface area contributed by atoms with Crippen molar-refractivity contribution >= 4 is 52.1 Å². The molecule has 1 aliphatic rings. The topological polar surface area (TPSA) is 44.4 Å². The Bertz CT molecular complexity index is 495. The molecule has 7 heteroatoms. The molecule has 0 aliphatic carbocycles. The van der Waals surface area contributed by atoms with E-state index in [0.29, 0.717) is 28.2 Å². The van der Waals surface area contributed by atoms with Gasteiger partial charge < -0.3 is 15.5 Å². The highest BCUT2D eigenvalue weighted by Gasteiger charge is 2.18. The molecule has 4 nitrogen and oxygen atoms in total. The number of nitrogens with one attached hydrogen (secondary N) is 2. The first-order valence-electron chi connectivity index (χ1n) is 5.34. The molecule has 2 N–H and O–H groups in total. The summed E-state index contributed by atoms with van der Waals surface area (Å²) in [5.74, 6) is -0.0282. The van der Waals surface area contributed by atoms with Gasteiger partial charge in [0.2, 0.25) is 5.91 Å². The summed E-state index contributed by atoms with van der Waals surface area (Å²) in [6.45, 7) is 1.56.